The van der Waals surface area contributed by atoms with Gasteiger partial charge in [-0.1, -0.05) is 158 Å². The van der Waals surface area contributed by atoms with E-state index in [1.165, 1.54) is 82.8 Å². The summed E-state index contributed by atoms with van der Waals surface area (Å²) in [6, 6.07) is 68.4. The van der Waals surface area contributed by atoms with Gasteiger partial charge in [0.1, 0.15) is 0 Å². The smallest absolute Gasteiger partial charge is 0.0541 e. The molecule has 1 heterocycles. The van der Waals surface area contributed by atoms with Crippen LogP contribution in [0.3, 0.4) is 0 Å². The Kier molecular flexibility index (Phi) is 6.95. The minimum Gasteiger partial charge on any atom is -0.309 e. The molecule has 0 N–H and O–H groups in total. The van der Waals surface area contributed by atoms with Gasteiger partial charge in [0.2, 0.25) is 0 Å². The molecule has 0 radical (unpaired) electrons. The van der Waals surface area contributed by atoms with Crippen LogP contribution < -0.4 is 0 Å². The van der Waals surface area contributed by atoms with Gasteiger partial charge in [0, 0.05) is 16.5 Å². The van der Waals surface area contributed by atoms with Gasteiger partial charge in [-0.25, -0.2) is 0 Å². The number of rotatable bonds is 6. The van der Waals surface area contributed by atoms with Gasteiger partial charge in [0.25, 0.3) is 0 Å². The molecule has 1 heteroatoms. The van der Waals surface area contributed by atoms with E-state index in [4.69, 9.17) is 0 Å². The number of aromatic nitrogens is 1. The van der Waals surface area contributed by atoms with Gasteiger partial charge in [-0.2, -0.15) is 0 Å². The minimum absolute atomic E-state index is 0.935. The zero-order chi connectivity index (χ0) is 31.9. The number of hydrogen-bond acceptors (Lipinski definition) is 0. The van der Waals surface area contributed by atoms with Crippen molar-refractivity contribution in [2.24, 2.45) is 0 Å². The van der Waals surface area contributed by atoms with Gasteiger partial charge < -0.3 is 4.57 Å². The molecule has 48 heavy (non-hydrogen) atoms. The molecule has 0 saturated heterocycles. The minimum atomic E-state index is 0.935. The zero-order valence-electron chi connectivity index (χ0n) is 26.6. The predicted molar refractivity (Wildman–Crippen MR) is 204 cm³/mol. The largest absolute Gasteiger partial charge is 0.309 e. The van der Waals surface area contributed by atoms with E-state index in [-0.39, 0.29) is 0 Å². The second kappa shape index (κ2) is 11.9. The molecule has 0 bridgehead atoms. The van der Waals surface area contributed by atoms with Gasteiger partial charge in [0.05, 0.1) is 11.0 Å². The molecule has 226 valence electrons. The fourth-order valence-corrected chi connectivity index (χ4v) is 7.12. The average Bonchev–Trinajstić information content (AvgIpc) is 3.49. The number of para-hydroxylation sites is 2. The Hall–Kier alpha value is -6.18. The first-order chi connectivity index (χ1) is 23.8. The van der Waals surface area contributed by atoms with Gasteiger partial charge in [-0.05, 0) is 92.0 Å². The summed E-state index contributed by atoms with van der Waals surface area (Å²) < 4.78 is 2.36. The fourth-order valence-electron chi connectivity index (χ4n) is 7.12. The summed E-state index contributed by atoms with van der Waals surface area (Å²) in [4.78, 5) is 0. The Morgan fingerprint density at radius 3 is 1.50 bits per heavy atom. The molecule has 9 rings (SSSR count). The highest BCUT2D eigenvalue weighted by atomic mass is 15.0. The lowest BCUT2D eigenvalue weighted by Crippen LogP contribution is -1.92. The Morgan fingerprint density at radius 2 is 0.812 bits per heavy atom. The van der Waals surface area contributed by atoms with Crippen molar-refractivity contribution in [1.82, 2.24) is 4.57 Å². The van der Waals surface area contributed by atoms with Crippen molar-refractivity contribution < 1.29 is 0 Å². The number of nitrogens with zero attached hydrogens (tertiary/aromatic N) is 1. The van der Waals surface area contributed by atoms with E-state index in [0.717, 1.165) is 6.42 Å². The molecule has 0 fully saturated rings. The Balaban J connectivity index is 0.940. The second-order valence-corrected chi connectivity index (χ2v) is 12.6. The van der Waals surface area contributed by atoms with Crippen molar-refractivity contribution in [2.45, 2.75) is 6.42 Å². The predicted octanol–water partition coefficient (Wildman–Crippen LogP) is 12.5. The van der Waals surface area contributed by atoms with Crippen molar-refractivity contribution in [3.8, 4) is 39.1 Å². The summed E-state index contributed by atoms with van der Waals surface area (Å²) in [7, 11) is 0. The normalized spacial score (nSPS) is 11.4. The van der Waals surface area contributed by atoms with Crippen LogP contribution in [-0.4, -0.2) is 4.57 Å². The summed E-state index contributed by atoms with van der Waals surface area (Å²) >= 11 is 0. The molecular weight excluding hydrogens is 579 g/mol. The molecule has 0 saturated carbocycles. The SMILES string of the molecule is c1ccc(-n2c3ccccc3c3cc(-c4ccc(-c5ccc(-c6ccc(Cc7ccc8ccccc8c7)cc6)cc5)cc4)ccc32)cc1. The topological polar surface area (TPSA) is 4.93 Å². The first-order valence-electron chi connectivity index (χ1n) is 16.6. The van der Waals surface area contributed by atoms with E-state index in [0.29, 0.717) is 0 Å². The highest BCUT2D eigenvalue weighted by Crippen LogP contribution is 2.35. The van der Waals surface area contributed by atoms with E-state index >= 15 is 0 Å². The van der Waals surface area contributed by atoms with Crippen molar-refractivity contribution in [2.75, 3.05) is 0 Å². The lowest BCUT2D eigenvalue weighted by Gasteiger charge is -2.09. The molecule has 0 aliphatic carbocycles. The van der Waals surface area contributed by atoms with Crippen LogP contribution in [0.1, 0.15) is 11.1 Å². The second-order valence-electron chi connectivity index (χ2n) is 12.6. The molecule has 0 unspecified atom stereocenters. The third-order valence-corrected chi connectivity index (χ3v) is 9.63. The molecule has 0 amide bonds. The maximum atomic E-state index is 2.36. The summed E-state index contributed by atoms with van der Waals surface area (Å²) in [6.07, 6.45) is 0.935. The highest BCUT2D eigenvalue weighted by Gasteiger charge is 2.13. The van der Waals surface area contributed by atoms with Crippen molar-refractivity contribution in [3.63, 3.8) is 0 Å². The van der Waals surface area contributed by atoms with Crippen LogP contribution in [0.5, 0.6) is 0 Å². The first-order valence-corrected chi connectivity index (χ1v) is 16.6. The third-order valence-electron chi connectivity index (χ3n) is 9.63. The van der Waals surface area contributed by atoms with E-state index < -0.39 is 0 Å². The van der Waals surface area contributed by atoms with Crippen LogP contribution >= 0.6 is 0 Å². The third kappa shape index (κ3) is 5.16. The van der Waals surface area contributed by atoms with Gasteiger partial charge >= 0.3 is 0 Å². The molecule has 0 aliphatic heterocycles. The summed E-state index contributed by atoms with van der Waals surface area (Å²) in [5.41, 5.74) is 13.7. The van der Waals surface area contributed by atoms with E-state index in [2.05, 4.69) is 193 Å². The van der Waals surface area contributed by atoms with E-state index in [1.807, 2.05) is 0 Å². The lowest BCUT2D eigenvalue weighted by atomic mass is 9.96. The van der Waals surface area contributed by atoms with Crippen LogP contribution in [0.4, 0.5) is 0 Å². The maximum absolute atomic E-state index is 2.36. The average molecular weight is 612 g/mol. The molecule has 1 aromatic heterocycles. The number of fused-ring (bicyclic) bond motifs is 4. The van der Waals surface area contributed by atoms with Gasteiger partial charge in [-0.15, -0.1) is 0 Å². The van der Waals surface area contributed by atoms with Crippen molar-refractivity contribution in [1.29, 1.82) is 0 Å². The lowest BCUT2D eigenvalue weighted by molar-refractivity contribution is 1.18. The summed E-state index contributed by atoms with van der Waals surface area (Å²) in [5, 5.41) is 5.13. The molecular formula is C47H33N. The molecule has 8 aromatic carbocycles. The van der Waals surface area contributed by atoms with Crippen LogP contribution in [0.2, 0.25) is 0 Å². The van der Waals surface area contributed by atoms with E-state index in [1.54, 1.807) is 0 Å². The van der Waals surface area contributed by atoms with Crippen LogP contribution in [0.15, 0.2) is 188 Å². The van der Waals surface area contributed by atoms with Crippen LogP contribution in [-0.2, 0) is 6.42 Å². The first kappa shape index (κ1) is 28.1. The molecule has 1 nitrogen and oxygen atoms in total. The molecule has 9 aromatic rings. The summed E-state index contributed by atoms with van der Waals surface area (Å²) in [5.74, 6) is 0. The van der Waals surface area contributed by atoms with Crippen molar-refractivity contribution >= 4 is 32.6 Å². The Bertz CT molecular complexity index is 2540. The van der Waals surface area contributed by atoms with E-state index in [9.17, 15) is 0 Å². The van der Waals surface area contributed by atoms with Crippen molar-refractivity contribution in [3.05, 3.63) is 199 Å². The van der Waals surface area contributed by atoms with Gasteiger partial charge in [0.15, 0.2) is 0 Å². The maximum Gasteiger partial charge on any atom is 0.0541 e. The highest BCUT2D eigenvalue weighted by molar-refractivity contribution is 6.10. The van der Waals surface area contributed by atoms with Crippen LogP contribution in [0.25, 0.3) is 71.6 Å². The Morgan fingerprint density at radius 1 is 0.312 bits per heavy atom. The molecule has 0 aliphatic rings. The standard InChI is InChI=1S/C47H33N/c1-2-10-43(11-3-1)48-46-13-7-6-12-44(46)45-32-42(28-29-47(45)48)40-26-24-39(25-27-40)38-22-20-37(21-23-38)36-17-14-33(15-18-36)30-34-16-19-35-8-4-5-9-41(35)31-34/h1-29,31-32H,30H2. The Labute approximate surface area is 281 Å². The molecule has 0 atom stereocenters. The number of benzene rings is 8. The molecule has 0 spiro atoms. The number of hydrogen-bond donors (Lipinski definition) is 0. The summed E-state index contributed by atoms with van der Waals surface area (Å²) in [6.45, 7) is 0. The fraction of sp³-hybridized carbons (Fsp3) is 0.0213. The van der Waals surface area contributed by atoms with Crippen LogP contribution in [0, 0.1) is 0 Å². The monoisotopic (exact) mass is 611 g/mol. The zero-order valence-corrected chi connectivity index (χ0v) is 26.6. The quantitative estimate of drug-likeness (QED) is 0.176. The van der Waals surface area contributed by atoms with Gasteiger partial charge in [-0.3, -0.25) is 0 Å².